The molecule has 0 unspecified atom stereocenters. The van der Waals surface area contributed by atoms with Crippen molar-refractivity contribution >= 4 is 120 Å². The number of H-pyrrole nitrogens is 2. The first-order chi connectivity index (χ1) is 41.3. The van der Waals surface area contributed by atoms with Crippen molar-refractivity contribution in [3.63, 3.8) is 0 Å². The van der Waals surface area contributed by atoms with Gasteiger partial charge >= 0.3 is 0 Å². The van der Waals surface area contributed by atoms with E-state index >= 15 is 0 Å². The molecule has 16 rings (SSSR count). The van der Waals surface area contributed by atoms with Gasteiger partial charge in [-0.05, 0) is 68.7 Å². The number of hydrogen-bond acceptors (Lipinski definition) is 14. The van der Waals surface area contributed by atoms with E-state index in [9.17, 15) is 0 Å². The smallest absolute Gasteiger partial charge is 0.168 e. The molecule has 84 heavy (non-hydrogen) atoms. The number of benzene rings is 11. The fourth-order valence-electron chi connectivity index (χ4n) is 13.1. The number of aromatic amines is 2. The maximum atomic E-state index is 6.57. The number of aromatic nitrogens is 8. The Morgan fingerprint density at radius 2 is 0.440 bits per heavy atom. The van der Waals surface area contributed by atoms with Crippen LogP contribution in [0.1, 0.15) is 0 Å². The van der Waals surface area contributed by atoms with Crippen molar-refractivity contribution in [2.45, 2.75) is 0 Å². The molecule has 3 aromatic heterocycles. The topological polar surface area (TPSA) is 183 Å². The van der Waals surface area contributed by atoms with Gasteiger partial charge in [0.15, 0.2) is 23.3 Å². The summed E-state index contributed by atoms with van der Waals surface area (Å²) in [5.41, 5.74) is 3.56. The van der Waals surface area contributed by atoms with Crippen LogP contribution in [0.15, 0.2) is 133 Å². The third kappa shape index (κ3) is 6.63. The summed E-state index contributed by atoms with van der Waals surface area (Å²) in [6.07, 6.45) is 0. The van der Waals surface area contributed by atoms with Crippen molar-refractivity contribution < 1.29 is 37.9 Å². The summed E-state index contributed by atoms with van der Waals surface area (Å²) < 4.78 is 52.2. The molecule has 2 aliphatic heterocycles. The number of rotatable bonds is 8. The van der Waals surface area contributed by atoms with Crippen LogP contribution in [0.5, 0.6) is 46.0 Å². The molecule has 0 aliphatic carbocycles. The van der Waals surface area contributed by atoms with Crippen molar-refractivity contribution in [1.82, 2.24) is 39.9 Å². The van der Waals surface area contributed by atoms with E-state index < -0.39 is 0 Å². The average Bonchev–Trinajstić information content (AvgIpc) is 1.83. The maximum absolute atomic E-state index is 6.57. The van der Waals surface area contributed by atoms with Crippen molar-refractivity contribution in [3.05, 3.63) is 133 Å². The monoisotopic (exact) mass is 1100 g/mol. The highest BCUT2D eigenvalue weighted by Crippen LogP contribution is 2.56. The van der Waals surface area contributed by atoms with Crippen LogP contribution in [0.25, 0.3) is 165 Å². The predicted molar refractivity (Wildman–Crippen MR) is 331 cm³/mol. The third-order valence-electron chi connectivity index (χ3n) is 16.6. The van der Waals surface area contributed by atoms with Crippen LogP contribution in [0, 0.1) is 0 Å². The highest BCUT2D eigenvalue weighted by Gasteiger charge is 2.35. The summed E-state index contributed by atoms with van der Waals surface area (Å²) in [4.78, 5) is 40.5. The molecule has 14 aromatic rings. The Labute approximate surface area is 477 Å². The highest BCUT2D eigenvalue weighted by molar-refractivity contribution is 6.24. The molecule has 8 bridgehead atoms. The van der Waals surface area contributed by atoms with Crippen molar-refractivity contribution in [3.8, 4) is 91.5 Å². The lowest BCUT2D eigenvalue weighted by Crippen LogP contribution is -1.97. The Hall–Kier alpha value is -11.0. The van der Waals surface area contributed by atoms with Crippen LogP contribution in [0.2, 0.25) is 0 Å². The molecule has 16 nitrogen and oxygen atoms in total. The molecular formula is C68H48N8O8. The van der Waals surface area contributed by atoms with Gasteiger partial charge in [0, 0.05) is 43.1 Å². The molecule has 2 N–H and O–H groups in total. The quantitative estimate of drug-likeness (QED) is 0.137. The van der Waals surface area contributed by atoms with Crippen LogP contribution < -0.4 is 37.9 Å². The SMILES string of the molecule is COc1c2c(c(OC)c3cc4ccccc4cc13)-c1nc-2nc2[nH]c(nc3nc(nc4[nH]c(n1)c1c(OC)c5cc6ccccc6cc5c(OC)c41)-c1c-3c(OC)c3cc4ccccc4cc3c1OC)c1c(OC)c3ccccc3c(OC)c21. The summed E-state index contributed by atoms with van der Waals surface area (Å²) in [5, 5.41) is 14.6. The standard InChI is InChI=1S/C68H48N8O8/c1-77-53-37-23-15-16-24-38(37)54(78-2)46-45(53)61-69-62(46)71-64-48-50(58(82-6)42-28-34-20-12-10-18-32(34)26-40(42)56(48)80-4)66(73-64)75-68-52-51(59(83-7)43-29-35-21-13-14-22-36(35)30-44(43)60(52)84-8)67(76-68)74-65-49-47(63(70-61)72-65)55(79-3)39-25-31-17-9-11-19-33(31)27-41(39)57(49)81-5/h9-30H,1-8H3,(H2,69,70,71,72,73,74,75,76). The molecule has 5 heterocycles. The second-order valence-electron chi connectivity index (χ2n) is 20.7. The van der Waals surface area contributed by atoms with Crippen molar-refractivity contribution in [2.75, 3.05) is 56.9 Å². The molecule has 16 heteroatoms. The van der Waals surface area contributed by atoms with Crippen LogP contribution >= 0.6 is 0 Å². The zero-order valence-corrected chi connectivity index (χ0v) is 46.7. The minimum absolute atomic E-state index is 0.260. The molecule has 0 saturated carbocycles. The van der Waals surface area contributed by atoms with Crippen LogP contribution in [-0.4, -0.2) is 96.8 Å². The van der Waals surface area contributed by atoms with Gasteiger partial charge in [-0.15, -0.1) is 0 Å². The number of nitrogens with one attached hydrogen (secondary N) is 2. The molecule has 2 aliphatic rings. The lowest BCUT2D eigenvalue weighted by molar-refractivity contribution is 0.413. The second kappa shape index (κ2) is 18.3. The maximum Gasteiger partial charge on any atom is 0.168 e. The minimum atomic E-state index is 0.260. The number of methoxy groups -OCH3 is 8. The molecule has 0 atom stereocenters. The van der Waals surface area contributed by atoms with E-state index in [1.807, 2.05) is 60.7 Å². The Balaban J connectivity index is 1.18. The van der Waals surface area contributed by atoms with Gasteiger partial charge < -0.3 is 47.9 Å². The normalized spacial score (nSPS) is 12.0. The van der Waals surface area contributed by atoms with Gasteiger partial charge in [-0.1, -0.05) is 97.1 Å². The predicted octanol–water partition coefficient (Wildman–Crippen LogP) is 15.0. The molecule has 11 aromatic carbocycles. The first-order valence-electron chi connectivity index (χ1n) is 27.1. The Morgan fingerprint density at radius 1 is 0.238 bits per heavy atom. The Kier molecular flexibility index (Phi) is 10.6. The van der Waals surface area contributed by atoms with Crippen molar-refractivity contribution in [1.29, 1.82) is 0 Å². The Morgan fingerprint density at radius 3 is 0.667 bits per heavy atom. The highest BCUT2D eigenvalue weighted by atomic mass is 16.5. The van der Waals surface area contributed by atoms with Crippen molar-refractivity contribution in [2.24, 2.45) is 0 Å². The van der Waals surface area contributed by atoms with Crippen LogP contribution in [0.3, 0.4) is 0 Å². The first-order valence-corrected chi connectivity index (χ1v) is 27.1. The fraction of sp³-hybridized carbons (Fsp3) is 0.118. The van der Waals surface area contributed by atoms with Gasteiger partial charge in [0.1, 0.15) is 68.6 Å². The molecule has 0 fully saturated rings. The zero-order chi connectivity index (χ0) is 56.8. The minimum Gasteiger partial charge on any atom is -0.495 e. The summed E-state index contributed by atoms with van der Waals surface area (Å²) in [6.45, 7) is 0. The summed E-state index contributed by atoms with van der Waals surface area (Å²) >= 11 is 0. The molecule has 0 radical (unpaired) electrons. The third-order valence-corrected chi connectivity index (χ3v) is 16.6. The number of nitrogens with zero attached hydrogens (tertiary/aromatic N) is 6. The molecule has 0 amide bonds. The number of hydrogen-bond donors (Lipinski definition) is 2. The lowest BCUT2D eigenvalue weighted by atomic mass is 9.95. The molecular weight excluding hydrogens is 1060 g/mol. The lowest BCUT2D eigenvalue weighted by Gasteiger charge is -2.17. The van der Waals surface area contributed by atoms with E-state index in [2.05, 4.69) is 82.8 Å². The fourth-order valence-corrected chi connectivity index (χ4v) is 13.1. The number of ether oxygens (including phenoxy) is 8. The van der Waals surface area contributed by atoms with Gasteiger partial charge in [0.2, 0.25) is 0 Å². The van der Waals surface area contributed by atoms with Gasteiger partial charge in [0.25, 0.3) is 0 Å². The Bertz CT molecular complexity index is 5140. The van der Waals surface area contributed by atoms with Gasteiger partial charge in [-0.25, -0.2) is 29.9 Å². The van der Waals surface area contributed by atoms with E-state index in [4.69, 9.17) is 67.8 Å². The molecule has 0 saturated heterocycles. The van der Waals surface area contributed by atoms with E-state index in [1.165, 1.54) is 0 Å². The van der Waals surface area contributed by atoms with Crippen LogP contribution in [-0.2, 0) is 0 Å². The zero-order valence-electron chi connectivity index (χ0n) is 46.7. The van der Waals surface area contributed by atoms with Crippen LogP contribution in [0.4, 0.5) is 0 Å². The average molecular weight is 1110 g/mol. The summed E-state index contributed by atoms with van der Waals surface area (Å²) in [7, 11) is 13.2. The number of fused-ring (bicyclic) bond motifs is 27. The summed E-state index contributed by atoms with van der Waals surface area (Å²) in [5.74, 6) is 5.18. The van der Waals surface area contributed by atoms with E-state index in [-0.39, 0.29) is 23.3 Å². The summed E-state index contributed by atoms with van der Waals surface area (Å²) in [6, 6.07) is 45.1. The molecule has 408 valence electrons. The molecule has 0 spiro atoms. The van der Waals surface area contributed by atoms with Gasteiger partial charge in [0.05, 0.1) is 101 Å². The first kappa shape index (κ1) is 48.9. The second-order valence-corrected chi connectivity index (χ2v) is 20.7. The largest absolute Gasteiger partial charge is 0.495 e. The van der Waals surface area contributed by atoms with E-state index in [0.717, 1.165) is 75.4 Å². The van der Waals surface area contributed by atoms with E-state index in [0.29, 0.717) is 112 Å². The van der Waals surface area contributed by atoms with Gasteiger partial charge in [-0.2, -0.15) is 0 Å². The van der Waals surface area contributed by atoms with Gasteiger partial charge in [-0.3, -0.25) is 0 Å². The van der Waals surface area contributed by atoms with E-state index in [1.54, 1.807) is 56.9 Å².